The lowest BCUT2D eigenvalue weighted by atomic mass is 9.58. The van der Waals surface area contributed by atoms with E-state index < -0.39 is 0 Å². The van der Waals surface area contributed by atoms with Crippen LogP contribution in [0.1, 0.15) is 90.5 Å². The molecule has 2 bridgehead atoms. The fourth-order valence-electron chi connectivity index (χ4n) is 9.01. The zero-order valence-electron chi connectivity index (χ0n) is 21.9. The number of pyridine rings is 1. The molecule has 2 aliphatic heterocycles. The molecule has 184 valence electrons. The number of allylic oxidation sites excluding steroid dienone is 1. The molecule has 35 heavy (non-hydrogen) atoms. The molecule has 1 aromatic heterocycles. The van der Waals surface area contributed by atoms with E-state index in [1.54, 1.807) is 5.57 Å². The first-order valence-electron chi connectivity index (χ1n) is 13.9. The summed E-state index contributed by atoms with van der Waals surface area (Å²) in [6, 6.07) is 9.77. The molecule has 0 radical (unpaired) electrons. The molecule has 6 atom stereocenters. The second kappa shape index (κ2) is 7.29. The van der Waals surface area contributed by atoms with E-state index in [0.29, 0.717) is 17.9 Å². The lowest BCUT2D eigenvalue weighted by Crippen LogP contribution is -2.56. The molecule has 3 nitrogen and oxygen atoms in total. The van der Waals surface area contributed by atoms with Crippen molar-refractivity contribution < 1.29 is 4.74 Å². The molecule has 1 N–H and O–H groups in total. The number of rotatable bonds is 2. The molecule has 2 spiro atoms. The highest BCUT2D eigenvalue weighted by atomic mass is 16.5. The molecule has 0 amide bonds. The van der Waals surface area contributed by atoms with Crippen molar-refractivity contribution in [3.05, 3.63) is 65.5 Å². The molecule has 2 aromatic rings. The maximum absolute atomic E-state index is 7.47. The highest BCUT2D eigenvalue weighted by Gasteiger charge is 2.66. The van der Waals surface area contributed by atoms with Gasteiger partial charge in [-0.05, 0) is 124 Å². The van der Waals surface area contributed by atoms with Crippen LogP contribution < -0.4 is 5.32 Å². The van der Waals surface area contributed by atoms with Crippen LogP contribution in [0.15, 0.2) is 60.0 Å². The molecule has 7 rings (SSSR count). The summed E-state index contributed by atoms with van der Waals surface area (Å²) in [5.74, 6) is 1.18. The van der Waals surface area contributed by atoms with Gasteiger partial charge < -0.3 is 10.1 Å². The Labute approximate surface area is 210 Å². The molecule has 3 aliphatic carbocycles. The Balaban J connectivity index is 1.24. The van der Waals surface area contributed by atoms with Crippen molar-refractivity contribution in [1.29, 1.82) is 0 Å². The van der Waals surface area contributed by atoms with E-state index in [1.165, 1.54) is 66.9 Å². The Hall–Kier alpha value is -1.97. The lowest BCUT2D eigenvalue weighted by Gasteiger charge is -2.54. The minimum Gasteiger partial charge on any atom is -0.359 e. The van der Waals surface area contributed by atoms with E-state index in [1.807, 2.05) is 12.4 Å². The summed E-state index contributed by atoms with van der Waals surface area (Å²) < 4.78 is 7.47. The van der Waals surface area contributed by atoms with E-state index in [2.05, 4.69) is 74.4 Å². The van der Waals surface area contributed by atoms with Crippen LogP contribution in [0.4, 0.5) is 0 Å². The van der Waals surface area contributed by atoms with E-state index >= 15 is 0 Å². The van der Waals surface area contributed by atoms with Gasteiger partial charge in [-0.2, -0.15) is 0 Å². The molecule has 3 fully saturated rings. The standard InChI is InChI=1S/C32H40N2O/c1-29(2,3)34-26-8-7-24-18-25-11-13-30(4)27(22-6-5-21-12-16-33-20-23(21)17-22)9-10-28(30)32(25)15-14-31(24,19-26)35-32/h5-6,11-12,16-18,20,26-28,34H,7-10,13-15,19H2,1-4H3/t26-,27?,28-,30?,31-,32-/m1/s1. The van der Waals surface area contributed by atoms with Crippen LogP contribution in [0.2, 0.25) is 0 Å². The summed E-state index contributed by atoms with van der Waals surface area (Å²) in [6.07, 6.45) is 18.7. The molecule has 1 aromatic carbocycles. The zero-order valence-corrected chi connectivity index (χ0v) is 21.9. The van der Waals surface area contributed by atoms with Crippen molar-refractivity contribution in [3.8, 4) is 0 Å². The number of fused-ring (bicyclic) bond motifs is 2. The van der Waals surface area contributed by atoms with Gasteiger partial charge in [0.15, 0.2) is 0 Å². The number of ether oxygens (including phenoxy) is 1. The largest absolute Gasteiger partial charge is 0.359 e. The molecule has 3 heteroatoms. The van der Waals surface area contributed by atoms with Crippen LogP contribution in [0.5, 0.6) is 0 Å². The number of hydrogen-bond acceptors (Lipinski definition) is 3. The van der Waals surface area contributed by atoms with Crippen LogP contribution in [0.3, 0.4) is 0 Å². The van der Waals surface area contributed by atoms with Crippen molar-refractivity contribution in [2.24, 2.45) is 11.3 Å². The summed E-state index contributed by atoms with van der Waals surface area (Å²) in [7, 11) is 0. The van der Waals surface area contributed by atoms with Gasteiger partial charge in [0, 0.05) is 29.4 Å². The topological polar surface area (TPSA) is 34.2 Å². The van der Waals surface area contributed by atoms with E-state index in [-0.39, 0.29) is 22.2 Å². The van der Waals surface area contributed by atoms with Crippen LogP contribution in [-0.4, -0.2) is 27.8 Å². The minimum absolute atomic E-state index is 0.0382. The first-order chi connectivity index (χ1) is 16.7. The average molecular weight is 469 g/mol. The van der Waals surface area contributed by atoms with Gasteiger partial charge in [0.25, 0.3) is 0 Å². The van der Waals surface area contributed by atoms with E-state index in [9.17, 15) is 0 Å². The maximum Gasteiger partial charge on any atom is 0.0974 e. The van der Waals surface area contributed by atoms with Crippen LogP contribution >= 0.6 is 0 Å². The molecule has 5 aliphatic rings. The molecule has 3 heterocycles. The summed E-state index contributed by atoms with van der Waals surface area (Å²) >= 11 is 0. The van der Waals surface area contributed by atoms with Crippen LogP contribution in [-0.2, 0) is 4.74 Å². The number of nitrogens with zero attached hydrogens (tertiary/aromatic N) is 1. The molecular weight excluding hydrogens is 428 g/mol. The SMILES string of the molecule is CC(C)(C)N[C@@H]1CCC2=CC3=CCC4(C)C(c5ccc6ccncc6c5)CC[C@H]4[C@@]34CC[C@]2(C1)O4. The van der Waals surface area contributed by atoms with Crippen molar-refractivity contribution in [2.75, 3.05) is 0 Å². The highest BCUT2D eigenvalue weighted by Crippen LogP contribution is 2.69. The van der Waals surface area contributed by atoms with Crippen LogP contribution in [0, 0.1) is 11.3 Å². The van der Waals surface area contributed by atoms with Gasteiger partial charge in [-0.3, -0.25) is 4.98 Å². The minimum atomic E-state index is -0.0761. The van der Waals surface area contributed by atoms with Gasteiger partial charge in [0.1, 0.15) is 0 Å². The Bertz CT molecular complexity index is 1250. The zero-order chi connectivity index (χ0) is 24.1. The normalized spacial score (nSPS) is 40.1. The quantitative estimate of drug-likeness (QED) is 0.505. The van der Waals surface area contributed by atoms with Gasteiger partial charge in [-0.25, -0.2) is 0 Å². The Morgan fingerprint density at radius 1 is 1.06 bits per heavy atom. The van der Waals surface area contributed by atoms with Gasteiger partial charge in [-0.15, -0.1) is 0 Å². The van der Waals surface area contributed by atoms with Gasteiger partial charge in [-0.1, -0.05) is 31.2 Å². The van der Waals surface area contributed by atoms with Crippen molar-refractivity contribution in [1.82, 2.24) is 10.3 Å². The summed E-state index contributed by atoms with van der Waals surface area (Å²) in [5, 5.41) is 6.46. The summed E-state index contributed by atoms with van der Waals surface area (Å²) in [5.41, 5.74) is 4.88. The third kappa shape index (κ3) is 3.20. The average Bonchev–Trinajstić information content (AvgIpc) is 3.33. The van der Waals surface area contributed by atoms with Gasteiger partial charge >= 0.3 is 0 Å². The van der Waals surface area contributed by atoms with Crippen molar-refractivity contribution in [3.63, 3.8) is 0 Å². The first-order valence-corrected chi connectivity index (χ1v) is 13.9. The van der Waals surface area contributed by atoms with Gasteiger partial charge in [0.05, 0.1) is 11.2 Å². The van der Waals surface area contributed by atoms with Crippen molar-refractivity contribution in [2.45, 2.75) is 108 Å². The second-order valence-electron chi connectivity index (χ2n) is 13.5. The Kier molecular flexibility index (Phi) is 4.64. The Morgan fingerprint density at radius 3 is 2.80 bits per heavy atom. The Morgan fingerprint density at radius 2 is 1.94 bits per heavy atom. The van der Waals surface area contributed by atoms with Crippen molar-refractivity contribution >= 4 is 10.8 Å². The first kappa shape index (κ1) is 22.2. The van der Waals surface area contributed by atoms with Gasteiger partial charge in [0.2, 0.25) is 0 Å². The summed E-state index contributed by atoms with van der Waals surface area (Å²) in [6.45, 7) is 9.46. The number of aromatic nitrogens is 1. The number of nitrogens with one attached hydrogen (secondary N) is 1. The molecule has 2 unspecified atom stereocenters. The predicted molar refractivity (Wildman–Crippen MR) is 142 cm³/mol. The highest BCUT2D eigenvalue weighted by molar-refractivity contribution is 5.82. The van der Waals surface area contributed by atoms with Crippen LogP contribution in [0.25, 0.3) is 10.8 Å². The molecular formula is C32H40N2O. The fourth-order valence-corrected chi connectivity index (χ4v) is 9.01. The fraction of sp³-hybridized carbons (Fsp3) is 0.594. The molecule has 2 saturated carbocycles. The number of benzene rings is 1. The smallest absolute Gasteiger partial charge is 0.0974 e. The third-order valence-corrected chi connectivity index (χ3v) is 10.4. The predicted octanol–water partition coefficient (Wildman–Crippen LogP) is 7.23. The molecule has 1 saturated heterocycles. The number of hydrogen-bond donors (Lipinski definition) is 1. The third-order valence-electron chi connectivity index (χ3n) is 10.4. The second-order valence-corrected chi connectivity index (χ2v) is 13.5. The van der Waals surface area contributed by atoms with E-state index in [0.717, 1.165) is 6.42 Å². The lowest BCUT2D eigenvalue weighted by molar-refractivity contribution is -0.136. The monoisotopic (exact) mass is 468 g/mol. The maximum atomic E-state index is 7.47. The summed E-state index contributed by atoms with van der Waals surface area (Å²) in [4.78, 5) is 4.39. The van der Waals surface area contributed by atoms with E-state index in [4.69, 9.17) is 4.74 Å².